The minimum Gasteiger partial charge on any atom is -0.353 e. The molecule has 2 aromatic heterocycles. The van der Waals surface area contributed by atoms with Crippen LogP contribution in [0.2, 0.25) is 0 Å². The van der Waals surface area contributed by atoms with E-state index in [1.807, 2.05) is 17.9 Å². The van der Waals surface area contributed by atoms with Crippen LogP contribution >= 0.6 is 0 Å². The first-order valence-corrected chi connectivity index (χ1v) is 12.2. The summed E-state index contributed by atoms with van der Waals surface area (Å²) in [5, 5.41) is 15.2. The topological polar surface area (TPSA) is 123 Å². The summed E-state index contributed by atoms with van der Waals surface area (Å²) in [5.41, 5.74) is 2.12. The second-order valence-electron chi connectivity index (χ2n) is 8.17. The van der Waals surface area contributed by atoms with E-state index in [0.717, 1.165) is 11.1 Å². The lowest BCUT2D eigenvalue weighted by Gasteiger charge is -2.35. The van der Waals surface area contributed by atoms with Gasteiger partial charge in [0.1, 0.15) is 12.1 Å². The van der Waals surface area contributed by atoms with Gasteiger partial charge in [-0.05, 0) is 30.7 Å². The lowest BCUT2D eigenvalue weighted by atomic mass is 10.0. The molecular formula is C23H22N6O4S. The standard InChI is InChI=1S/C23H22N6O4S/c1-16-5-7-19(8-6-16)34(32,33)28-11-9-20-22(25-15-26-23(20)28)27-12-10-24-21(14-27)17-3-2-4-18(13-17)29(30)31/h2-9,11,13,15,21,24H,10,12,14H2,1H3. The Morgan fingerprint density at radius 3 is 2.68 bits per heavy atom. The first-order valence-electron chi connectivity index (χ1n) is 10.7. The zero-order chi connectivity index (χ0) is 23.9. The first kappa shape index (κ1) is 22.0. The maximum Gasteiger partial charge on any atom is 0.269 e. The molecule has 1 fully saturated rings. The van der Waals surface area contributed by atoms with Crippen molar-refractivity contribution in [1.29, 1.82) is 0 Å². The van der Waals surface area contributed by atoms with Crippen molar-refractivity contribution in [3.8, 4) is 0 Å². The fourth-order valence-electron chi connectivity index (χ4n) is 4.21. The molecule has 0 aliphatic carbocycles. The summed E-state index contributed by atoms with van der Waals surface area (Å²) in [6.07, 6.45) is 2.86. The van der Waals surface area contributed by atoms with Crippen molar-refractivity contribution >= 4 is 32.6 Å². The lowest BCUT2D eigenvalue weighted by Crippen LogP contribution is -2.46. The summed E-state index contributed by atoms with van der Waals surface area (Å²) in [7, 11) is -3.82. The molecule has 4 aromatic rings. The second kappa shape index (κ2) is 8.50. The first-order chi connectivity index (χ1) is 16.3. The van der Waals surface area contributed by atoms with Gasteiger partial charge in [0.05, 0.1) is 21.2 Å². The van der Waals surface area contributed by atoms with Gasteiger partial charge in [-0.2, -0.15) is 0 Å². The molecule has 1 unspecified atom stereocenters. The van der Waals surface area contributed by atoms with E-state index >= 15 is 0 Å². The molecular weight excluding hydrogens is 456 g/mol. The van der Waals surface area contributed by atoms with Crippen molar-refractivity contribution in [2.24, 2.45) is 0 Å². The summed E-state index contributed by atoms with van der Waals surface area (Å²) in [6.45, 7) is 3.70. The van der Waals surface area contributed by atoms with Crippen LogP contribution in [0, 0.1) is 17.0 Å². The molecule has 1 aliphatic heterocycles. The Hall–Kier alpha value is -3.83. The van der Waals surface area contributed by atoms with E-state index in [0.29, 0.717) is 36.5 Å². The predicted octanol–water partition coefficient (Wildman–Crippen LogP) is 3.04. The molecule has 34 heavy (non-hydrogen) atoms. The fraction of sp³-hybridized carbons (Fsp3) is 0.217. The number of aromatic nitrogens is 3. The van der Waals surface area contributed by atoms with Crippen LogP contribution in [0.25, 0.3) is 11.0 Å². The highest BCUT2D eigenvalue weighted by Gasteiger charge is 2.26. The molecule has 1 saturated heterocycles. The third kappa shape index (κ3) is 3.88. The summed E-state index contributed by atoms with van der Waals surface area (Å²) in [6, 6.07) is 14.8. The van der Waals surface area contributed by atoms with Crippen LogP contribution in [0.1, 0.15) is 17.2 Å². The van der Waals surface area contributed by atoms with E-state index in [2.05, 4.69) is 15.3 Å². The maximum atomic E-state index is 13.3. The highest BCUT2D eigenvalue weighted by molar-refractivity contribution is 7.90. The number of piperazine rings is 1. The Bertz CT molecular complexity index is 1480. The molecule has 11 heteroatoms. The molecule has 10 nitrogen and oxygen atoms in total. The minimum absolute atomic E-state index is 0.0410. The molecule has 5 rings (SSSR count). The van der Waals surface area contributed by atoms with Crippen LogP contribution in [-0.4, -0.2) is 46.9 Å². The smallest absolute Gasteiger partial charge is 0.269 e. The molecule has 1 N–H and O–H groups in total. The Kier molecular flexibility index (Phi) is 5.50. The quantitative estimate of drug-likeness (QED) is 0.343. The molecule has 0 saturated carbocycles. The summed E-state index contributed by atoms with van der Waals surface area (Å²) >= 11 is 0. The Balaban J connectivity index is 1.49. The van der Waals surface area contributed by atoms with Crippen LogP contribution in [0.4, 0.5) is 11.5 Å². The number of hydrogen-bond donors (Lipinski definition) is 1. The average molecular weight is 479 g/mol. The highest BCUT2D eigenvalue weighted by atomic mass is 32.2. The molecule has 3 heterocycles. The Labute approximate surface area is 196 Å². The summed E-state index contributed by atoms with van der Waals surface area (Å²) in [4.78, 5) is 21.7. The van der Waals surface area contributed by atoms with Crippen molar-refractivity contribution in [1.82, 2.24) is 19.3 Å². The van der Waals surface area contributed by atoms with Crippen LogP contribution in [0.15, 0.2) is 72.0 Å². The van der Waals surface area contributed by atoms with Crippen molar-refractivity contribution in [2.75, 3.05) is 24.5 Å². The third-order valence-electron chi connectivity index (χ3n) is 5.96. The van der Waals surface area contributed by atoms with E-state index < -0.39 is 14.9 Å². The largest absolute Gasteiger partial charge is 0.353 e. The monoisotopic (exact) mass is 478 g/mol. The Morgan fingerprint density at radius 1 is 1.12 bits per heavy atom. The van der Waals surface area contributed by atoms with Crippen molar-refractivity contribution in [2.45, 2.75) is 17.9 Å². The number of nitrogens with zero attached hydrogens (tertiary/aromatic N) is 5. The number of nitrogens with one attached hydrogen (secondary N) is 1. The van der Waals surface area contributed by atoms with Crippen LogP contribution in [-0.2, 0) is 10.0 Å². The van der Waals surface area contributed by atoms with E-state index in [9.17, 15) is 18.5 Å². The molecule has 0 spiro atoms. The lowest BCUT2D eigenvalue weighted by molar-refractivity contribution is -0.384. The van der Waals surface area contributed by atoms with Gasteiger partial charge in [-0.1, -0.05) is 29.8 Å². The van der Waals surface area contributed by atoms with Gasteiger partial charge in [0.25, 0.3) is 15.7 Å². The average Bonchev–Trinajstić information content (AvgIpc) is 3.30. The maximum absolute atomic E-state index is 13.3. The van der Waals surface area contributed by atoms with Crippen molar-refractivity contribution < 1.29 is 13.3 Å². The van der Waals surface area contributed by atoms with Crippen LogP contribution in [0.5, 0.6) is 0 Å². The molecule has 0 radical (unpaired) electrons. The molecule has 2 aromatic carbocycles. The van der Waals surface area contributed by atoms with Crippen LogP contribution in [0.3, 0.4) is 0 Å². The highest BCUT2D eigenvalue weighted by Crippen LogP contribution is 2.30. The SMILES string of the molecule is Cc1ccc(S(=O)(=O)n2ccc3c(N4CCNC(c5cccc([N+](=O)[O-])c5)C4)ncnc32)cc1. The Morgan fingerprint density at radius 2 is 1.91 bits per heavy atom. The number of anilines is 1. The van der Waals surface area contributed by atoms with Crippen molar-refractivity contribution in [3.05, 3.63) is 88.4 Å². The van der Waals surface area contributed by atoms with Crippen molar-refractivity contribution in [3.63, 3.8) is 0 Å². The van der Waals surface area contributed by atoms with E-state index in [-0.39, 0.29) is 16.6 Å². The summed E-state index contributed by atoms with van der Waals surface area (Å²) in [5.74, 6) is 0.625. The van der Waals surface area contributed by atoms with Gasteiger partial charge in [0.15, 0.2) is 5.65 Å². The minimum atomic E-state index is -3.82. The number of aryl methyl sites for hydroxylation is 1. The van der Waals surface area contributed by atoms with E-state index in [1.54, 1.807) is 42.5 Å². The zero-order valence-corrected chi connectivity index (χ0v) is 19.1. The van der Waals surface area contributed by atoms with Gasteiger partial charge in [0, 0.05) is 38.0 Å². The van der Waals surface area contributed by atoms with Crippen LogP contribution < -0.4 is 10.2 Å². The number of nitro groups is 1. The molecule has 1 atom stereocenters. The van der Waals surface area contributed by atoms with Gasteiger partial charge < -0.3 is 10.2 Å². The van der Waals surface area contributed by atoms with Gasteiger partial charge in [0.2, 0.25) is 0 Å². The fourth-order valence-corrected chi connectivity index (χ4v) is 5.51. The number of benzene rings is 2. The molecule has 174 valence electrons. The predicted molar refractivity (Wildman–Crippen MR) is 127 cm³/mol. The number of nitro benzene ring substituents is 1. The van der Waals surface area contributed by atoms with E-state index in [4.69, 9.17) is 0 Å². The number of fused-ring (bicyclic) bond motifs is 1. The summed E-state index contributed by atoms with van der Waals surface area (Å²) < 4.78 is 27.7. The van der Waals surface area contributed by atoms with Gasteiger partial charge >= 0.3 is 0 Å². The zero-order valence-electron chi connectivity index (χ0n) is 18.3. The molecule has 0 bridgehead atoms. The van der Waals surface area contributed by atoms with E-state index in [1.165, 1.54) is 22.6 Å². The molecule has 1 aliphatic rings. The number of rotatable bonds is 5. The second-order valence-corrected chi connectivity index (χ2v) is 9.98. The van der Waals surface area contributed by atoms with Gasteiger partial charge in [-0.3, -0.25) is 10.1 Å². The number of hydrogen-bond acceptors (Lipinski definition) is 8. The van der Waals surface area contributed by atoms with Gasteiger partial charge in [-0.15, -0.1) is 0 Å². The normalized spacial score (nSPS) is 16.6. The number of non-ortho nitro benzene ring substituents is 1. The molecule has 0 amide bonds. The van der Waals surface area contributed by atoms with Gasteiger partial charge in [-0.25, -0.2) is 22.4 Å². The third-order valence-corrected chi connectivity index (χ3v) is 7.64.